The van der Waals surface area contributed by atoms with Crippen molar-refractivity contribution in [3.8, 4) is 0 Å². The van der Waals surface area contributed by atoms with Crippen LogP contribution in [0.2, 0.25) is 0 Å². The number of ether oxygens (including phenoxy) is 1. The molecule has 0 aliphatic carbocycles. The molecule has 1 aromatic carbocycles. The molecule has 16 heavy (non-hydrogen) atoms. The lowest BCUT2D eigenvalue weighted by atomic mass is 10.0. The van der Waals surface area contributed by atoms with Gasteiger partial charge in [0.2, 0.25) is 0 Å². The van der Waals surface area contributed by atoms with Crippen molar-refractivity contribution in [2.75, 3.05) is 6.61 Å². The lowest BCUT2D eigenvalue weighted by Crippen LogP contribution is -2.20. The smallest absolute Gasteiger partial charge is 0.356 e. The van der Waals surface area contributed by atoms with Crippen molar-refractivity contribution in [3.63, 3.8) is 0 Å². The SMILES string of the molecule is CCOC(=O)/C(Cc1ccccc1C)=N\O. The molecule has 4 heteroatoms. The van der Waals surface area contributed by atoms with Gasteiger partial charge in [0.1, 0.15) is 0 Å². The second kappa shape index (κ2) is 5.90. The van der Waals surface area contributed by atoms with Gasteiger partial charge < -0.3 is 9.94 Å². The highest BCUT2D eigenvalue weighted by Gasteiger charge is 2.14. The Labute approximate surface area is 94.5 Å². The molecule has 86 valence electrons. The first-order valence-corrected chi connectivity index (χ1v) is 5.11. The van der Waals surface area contributed by atoms with Gasteiger partial charge in [0.25, 0.3) is 0 Å². The van der Waals surface area contributed by atoms with Crippen molar-refractivity contribution in [1.29, 1.82) is 0 Å². The van der Waals surface area contributed by atoms with Gasteiger partial charge in [0.15, 0.2) is 5.71 Å². The number of oxime groups is 1. The Morgan fingerprint density at radius 1 is 1.44 bits per heavy atom. The summed E-state index contributed by atoms with van der Waals surface area (Å²) in [5.41, 5.74) is 2.02. The van der Waals surface area contributed by atoms with Gasteiger partial charge in [-0.25, -0.2) is 4.79 Å². The van der Waals surface area contributed by atoms with Crippen molar-refractivity contribution in [3.05, 3.63) is 35.4 Å². The van der Waals surface area contributed by atoms with Gasteiger partial charge >= 0.3 is 5.97 Å². The first-order chi connectivity index (χ1) is 7.69. The topological polar surface area (TPSA) is 58.9 Å². The molecule has 0 atom stereocenters. The fourth-order valence-electron chi connectivity index (χ4n) is 1.35. The van der Waals surface area contributed by atoms with E-state index in [4.69, 9.17) is 9.94 Å². The fraction of sp³-hybridized carbons (Fsp3) is 0.333. The zero-order chi connectivity index (χ0) is 12.0. The molecule has 0 bridgehead atoms. The third-order valence-corrected chi connectivity index (χ3v) is 2.25. The van der Waals surface area contributed by atoms with E-state index in [0.29, 0.717) is 0 Å². The standard InChI is InChI=1S/C12H15NO3/c1-3-16-12(14)11(13-15)8-10-7-5-4-6-9(10)2/h4-7,15H,3,8H2,1-2H3/b13-11-. The summed E-state index contributed by atoms with van der Waals surface area (Å²) in [5, 5.41) is 11.7. The van der Waals surface area contributed by atoms with Crippen molar-refractivity contribution in [2.24, 2.45) is 5.16 Å². The van der Waals surface area contributed by atoms with Crippen LogP contribution < -0.4 is 0 Å². The van der Waals surface area contributed by atoms with Crippen LogP contribution in [-0.2, 0) is 16.0 Å². The van der Waals surface area contributed by atoms with Crippen LogP contribution in [0.5, 0.6) is 0 Å². The predicted octanol–water partition coefficient (Wildman–Crippen LogP) is 1.93. The Kier molecular flexibility index (Phi) is 4.51. The number of hydrogen-bond donors (Lipinski definition) is 1. The van der Waals surface area contributed by atoms with E-state index in [2.05, 4.69) is 5.16 Å². The van der Waals surface area contributed by atoms with Crippen molar-refractivity contribution < 1.29 is 14.7 Å². The number of esters is 1. The Hall–Kier alpha value is -1.84. The van der Waals surface area contributed by atoms with Crippen molar-refractivity contribution >= 4 is 11.7 Å². The lowest BCUT2D eigenvalue weighted by Gasteiger charge is -2.06. The maximum atomic E-state index is 11.4. The van der Waals surface area contributed by atoms with E-state index in [0.717, 1.165) is 11.1 Å². The van der Waals surface area contributed by atoms with E-state index < -0.39 is 5.97 Å². The Bertz CT molecular complexity index is 399. The molecule has 0 spiro atoms. The zero-order valence-corrected chi connectivity index (χ0v) is 9.43. The number of carbonyl (C=O) groups is 1. The van der Waals surface area contributed by atoms with Gasteiger partial charge in [-0.2, -0.15) is 0 Å². The number of aryl methyl sites for hydroxylation is 1. The highest BCUT2D eigenvalue weighted by Crippen LogP contribution is 2.09. The fourth-order valence-corrected chi connectivity index (χ4v) is 1.35. The minimum absolute atomic E-state index is 0.0242. The molecule has 0 aromatic heterocycles. The summed E-state index contributed by atoms with van der Waals surface area (Å²) in [6.07, 6.45) is 0.280. The maximum Gasteiger partial charge on any atom is 0.356 e. The maximum absolute atomic E-state index is 11.4. The van der Waals surface area contributed by atoms with Crippen LogP contribution >= 0.6 is 0 Å². The van der Waals surface area contributed by atoms with Gasteiger partial charge in [-0.05, 0) is 25.0 Å². The van der Waals surface area contributed by atoms with Crippen LogP contribution in [0.3, 0.4) is 0 Å². The minimum Gasteiger partial charge on any atom is -0.461 e. The summed E-state index contributed by atoms with van der Waals surface area (Å²) < 4.78 is 4.78. The highest BCUT2D eigenvalue weighted by molar-refractivity contribution is 6.36. The summed E-state index contributed by atoms with van der Waals surface area (Å²) in [6, 6.07) is 7.62. The molecule has 0 saturated heterocycles. The minimum atomic E-state index is -0.576. The molecule has 0 fully saturated rings. The van der Waals surface area contributed by atoms with E-state index in [1.54, 1.807) is 6.92 Å². The van der Waals surface area contributed by atoms with E-state index >= 15 is 0 Å². The van der Waals surface area contributed by atoms with Crippen LogP contribution in [0, 0.1) is 6.92 Å². The molecule has 0 amide bonds. The van der Waals surface area contributed by atoms with Gasteiger partial charge in [-0.15, -0.1) is 0 Å². The molecular formula is C12H15NO3. The van der Waals surface area contributed by atoms with E-state index in [9.17, 15) is 4.79 Å². The summed E-state index contributed by atoms with van der Waals surface area (Å²) >= 11 is 0. The van der Waals surface area contributed by atoms with Gasteiger partial charge in [-0.3, -0.25) is 0 Å². The molecule has 0 heterocycles. The molecular weight excluding hydrogens is 206 g/mol. The van der Waals surface area contributed by atoms with Crippen molar-refractivity contribution in [1.82, 2.24) is 0 Å². The number of benzene rings is 1. The largest absolute Gasteiger partial charge is 0.461 e. The second-order valence-corrected chi connectivity index (χ2v) is 3.37. The van der Waals surface area contributed by atoms with Gasteiger partial charge in [-0.1, -0.05) is 29.4 Å². The Balaban J connectivity index is 2.79. The predicted molar refractivity (Wildman–Crippen MR) is 60.7 cm³/mol. The van der Waals surface area contributed by atoms with Crippen LogP contribution in [-0.4, -0.2) is 23.5 Å². The summed E-state index contributed by atoms with van der Waals surface area (Å²) in [6.45, 7) is 3.92. The van der Waals surface area contributed by atoms with Crippen molar-refractivity contribution in [2.45, 2.75) is 20.3 Å². The number of nitrogens with zero attached hydrogens (tertiary/aromatic N) is 1. The summed E-state index contributed by atoms with van der Waals surface area (Å²) in [5.74, 6) is -0.576. The average molecular weight is 221 g/mol. The Morgan fingerprint density at radius 2 is 2.12 bits per heavy atom. The third kappa shape index (κ3) is 3.08. The number of rotatable bonds is 4. The normalized spacial score (nSPS) is 11.2. The van der Waals surface area contributed by atoms with Gasteiger partial charge in [0.05, 0.1) is 6.61 Å². The van der Waals surface area contributed by atoms with Crippen LogP contribution in [0.15, 0.2) is 29.4 Å². The first kappa shape index (κ1) is 12.2. The van der Waals surface area contributed by atoms with E-state index in [1.165, 1.54) is 0 Å². The van der Waals surface area contributed by atoms with Crippen LogP contribution in [0.25, 0.3) is 0 Å². The monoisotopic (exact) mass is 221 g/mol. The third-order valence-electron chi connectivity index (χ3n) is 2.25. The highest BCUT2D eigenvalue weighted by atomic mass is 16.5. The molecule has 0 radical (unpaired) electrons. The molecule has 1 N–H and O–H groups in total. The molecule has 0 aliphatic rings. The van der Waals surface area contributed by atoms with Gasteiger partial charge in [0, 0.05) is 6.42 Å². The van der Waals surface area contributed by atoms with E-state index in [-0.39, 0.29) is 18.7 Å². The molecule has 0 unspecified atom stereocenters. The van der Waals surface area contributed by atoms with Crippen LogP contribution in [0.1, 0.15) is 18.1 Å². The lowest BCUT2D eigenvalue weighted by molar-refractivity contribution is -0.135. The number of hydrogen-bond acceptors (Lipinski definition) is 4. The summed E-state index contributed by atoms with van der Waals surface area (Å²) in [4.78, 5) is 11.4. The molecule has 0 aliphatic heterocycles. The zero-order valence-electron chi connectivity index (χ0n) is 9.43. The second-order valence-electron chi connectivity index (χ2n) is 3.37. The number of carbonyl (C=O) groups excluding carboxylic acids is 1. The quantitative estimate of drug-likeness (QED) is 0.366. The van der Waals surface area contributed by atoms with E-state index in [1.807, 2.05) is 31.2 Å². The molecule has 1 aromatic rings. The molecule has 1 rings (SSSR count). The first-order valence-electron chi connectivity index (χ1n) is 5.11. The Morgan fingerprint density at radius 3 is 2.69 bits per heavy atom. The average Bonchev–Trinajstić information content (AvgIpc) is 2.28. The molecule has 4 nitrogen and oxygen atoms in total. The molecule has 0 saturated carbocycles. The summed E-state index contributed by atoms with van der Waals surface area (Å²) in [7, 11) is 0. The van der Waals surface area contributed by atoms with Crippen LogP contribution in [0.4, 0.5) is 0 Å².